The molecule has 2 heterocycles. The van der Waals surface area contributed by atoms with Crippen molar-refractivity contribution >= 4 is 18.0 Å². The standard InChI is InChI=1S/C11H16N2OS/c1-11(2,3)13-10(6-14)8-4-5-15-7-9(8)12-13/h6H,4-5,7H2,1-3H3. The highest BCUT2D eigenvalue weighted by molar-refractivity contribution is 7.98. The number of carbonyl (C=O) groups excluding carboxylic acids is 1. The summed E-state index contributed by atoms with van der Waals surface area (Å²) in [6, 6.07) is 0. The monoisotopic (exact) mass is 224 g/mol. The zero-order valence-corrected chi connectivity index (χ0v) is 10.2. The molecule has 1 aromatic rings. The molecule has 0 bridgehead atoms. The Kier molecular flexibility index (Phi) is 2.63. The van der Waals surface area contributed by atoms with Crippen LogP contribution in [0.4, 0.5) is 0 Å². The molecule has 0 saturated carbocycles. The van der Waals surface area contributed by atoms with E-state index in [1.165, 1.54) is 5.56 Å². The molecule has 0 unspecified atom stereocenters. The third-order valence-corrected chi connectivity index (χ3v) is 3.56. The molecule has 0 saturated heterocycles. The molecule has 1 aliphatic rings. The highest BCUT2D eigenvalue weighted by Crippen LogP contribution is 2.28. The maximum Gasteiger partial charge on any atom is 0.168 e. The van der Waals surface area contributed by atoms with E-state index in [1.54, 1.807) is 0 Å². The molecular weight excluding hydrogens is 208 g/mol. The van der Waals surface area contributed by atoms with Gasteiger partial charge in [-0.1, -0.05) is 0 Å². The van der Waals surface area contributed by atoms with E-state index in [0.29, 0.717) is 0 Å². The third-order valence-electron chi connectivity index (χ3n) is 2.59. The van der Waals surface area contributed by atoms with Gasteiger partial charge in [-0.2, -0.15) is 16.9 Å². The van der Waals surface area contributed by atoms with E-state index >= 15 is 0 Å². The molecule has 0 atom stereocenters. The normalized spacial score (nSPS) is 16.2. The molecule has 0 N–H and O–H groups in total. The van der Waals surface area contributed by atoms with Gasteiger partial charge in [-0.25, -0.2) is 0 Å². The number of thioether (sulfide) groups is 1. The molecule has 1 aromatic heterocycles. The van der Waals surface area contributed by atoms with Gasteiger partial charge in [0, 0.05) is 11.3 Å². The van der Waals surface area contributed by atoms with Crippen LogP contribution in [0.5, 0.6) is 0 Å². The van der Waals surface area contributed by atoms with Crippen LogP contribution < -0.4 is 0 Å². The van der Waals surface area contributed by atoms with Crippen LogP contribution in [0.25, 0.3) is 0 Å². The van der Waals surface area contributed by atoms with Gasteiger partial charge in [0.25, 0.3) is 0 Å². The van der Waals surface area contributed by atoms with Crippen molar-refractivity contribution in [1.82, 2.24) is 9.78 Å². The first-order chi connectivity index (χ1) is 7.04. The second kappa shape index (κ2) is 3.67. The molecule has 3 nitrogen and oxygen atoms in total. The van der Waals surface area contributed by atoms with Crippen LogP contribution in [0.1, 0.15) is 42.5 Å². The smallest absolute Gasteiger partial charge is 0.168 e. The molecule has 82 valence electrons. The lowest BCUT2D eigenvalue weighted by Crippen LogP contribution is -2.25. The first-order valence-electron chi connectivity index (χ1n) is 5.18. The van der Waals surface area contributed by atoms with Gasteiger partial charge in [0.2, 0.25) is 0 Å². The molecule has 15 heavy (non-hydrogen) atoms. The van der Waals surface area contributed by atoms with Crippen LogP contribution in [-0.2, 0) is 17.7 Å². The summed E-state index contributed by atoms with van der Waals surface area (Å²) in [4.78, 5) is 11.1. The number of fused-ring (bicyclic) bond motifs is 1. The molecule has 0 amide bonds. The third kappa shape index (κ3) is 1.83. The number of nitrogens with zero attached hydrogens (tertiary/aromatic N) is 2. The summed E-state index contributed by atoms with van der Waals surface area (Å²) >= 11 is 1.89. The Labute approximate surface area is 94.2 Å². The van der Waals surface area contributed by atoms with Crippen molar-refractivity contribution in [2.45, 2.75) is 38.5 Å². The molecule has 0 radical (unpaired) electrons. The molecule has 0 aromatic carbocycles. The van der Waals surface area contributed by atoms with Crippen LogP contribution in [0.2, 0.25) is 0 Å². The molecule has 0 aliphatic carbocycles. The molecular formula is C11H16N2OS. The van der Waals surface area contributed by atoms with E-state index in [-0.39, 0.29) is 5.54 Å². The van der Waals surface area contributed by atoms with Crippen molar-refractivity contribution in [3.8, 4) is 0 Å². The predicted octanol–water partition coefficient (Wildman–Crippen LogP) is 2.24. The largest absolute Gasteiger partial charge is 0.296 e. The molecule has 2 rings (SSSR count). The van der Waals surface area contributed by atoms with E-state index in [0.717, 1.165) is 35.6 Å². The van der Waals surface area contributed by atoms with Gasteiger partial charge < -0.3 is 0 Å². The van der Waals surface area contributed by atoms with Gasteiger partial charge in [0.1, 0.15) is 5.69 Å². The maximum atomic E-state index is 11.1. The number of hydrogen-bond donors (Lipinski definition) is 0. The van der Waals surface area contributed by atoms with E-state index in [1.807, 2.05) is 16.4 Å². The highest BCUT2D eigenvalue weighted by atomic mass is 32.2. The van der Waals surface area contributed by atoms with Crippen LogP contribution in [0.15, 0.2) is 0 Å². The second-order valence-corrected chi connectivity index (χ2v) is 5.92. The molecule has 0 fully saturated rings. The van der Waals surface area contributed by atoms with E-state index in [2.05, 4.69) is 25.9 Å². The van der Waals surface area contributed by atoms with Crippen molar-refractivity contribution in [2.24, 2.45) is 0 Å². The lowest BCUT2D eigenvalue weighted by molar-refractivity contribution is 0.110. The van der Waals surface area contributed by atoms with Gasteiger partial charge in [-0.3, -0.25) is 9.48 Å². The Morgan fingerprint density at radius 3 is 2.80 bits per heavy atom. The SMILES string of the molecule is CC(C)(C)n1nc2c(c1C=O)CCSC2. The highest BCUT2D eigenvalue weighted by Gasteiger charge is 2.25. The summed E-state index contributed by atoms with van der Waals surface area (Å²) in [5.74, 6) is 2.04. The van der Waals surface area contributed by atoms with Gasteiger partial charge >= 0.3 is 0 Å². The fourth-order valence-corrected chi connectivity index (χ4v) is 2.79. The minimum atomic E-state index is -0.113. The Bertz CT molecular complexity index is 390. The summed E-state index contributed by atoms with van der Waals surface area (Å²) in [5.41, 5.74) is 2.93. The summed E-state index contributed by atoms with van der Waals surface area (Å²) in [6.07, 6.45) is 1.93. The summed E-state index contributed by atoms with van der Waals surface area (Å²) in [6.45, 7) is 6.22. The summed E-state index contributed by atoms with van der Waals surface area (Å²) < 4.78 is 1.87. The average molecular weight is 224 g/mol. The number of aromatic nitrogens is 2. The summed E-state index contributed by atoms with van der Waals surface area (Å²) in [7, 11) is 0. The number of aldehydes is 1. The Balaban J connectivity index is 2.56. The summed E-state index contributed by atoms with van der Waals surface area (Å²) in [5, 5.41) is 4.56. The van der Waals surface area contributed by atoms with Crippen LogP contribution in [-0.4, -0.2) is 21.8 Å². The van der Waals surface area contributed by atoms with Crippen molar-refractivity contribution in [3.63, 3.8) is 0 Å². The first-order valence-corrected chi connectivity index (χ1v) is 6.33. The van der Waals surface area contributed by atoms with Crippen molar-refractivity contribution in [1.29, 1.82) is 0 Å². The number of hydrogen-bond acceptors (Lipinski definition) is 3. The second-order valence-electron chi connectivity index (χ2n) is 4.81. The minimum Gasteiger partial charge on any atom is -0.296 e. The fraction of sp³-hybridized carbons (Fsp3) is 0.636. The van der Waals surface area contributed by atoms with Gasteiger partial charge in [0.05, 0.1) is 11.2 Å². The Morgan fingerprint density at radius 1 is 1.47 bits per heavy atom. The number of rotatable bonds is 1. The van der Waals surface area contributed by atoms with Crippen LogP contribution in [0, 0.1) is 0 Å². The lowest BCUT2D eigenvalue weighted by Gasteiger charge is -2.20. The van der Waals surface area contributed by atoms with Crippen molar-refractivity contribution in [2.75, 3.05) is 5.75 Å². The van der Waals surface area contributed by atoms with Crippen LogP contribution in [0.3, 0.4) is 0 Å². The average Bonchev–Trinajstić information content (AvgIpc) is 2.55. The minimum absolute atomic E-state index is 0.113. The zero-order chi connectivity index (χ0) is 11.1. The Morgan fingerprint density at radius 2 is 2.20 bits per heavy atom. The molecule has 1 aliphatic heterocycles. The topological polar surface area (TPSA) is 34.9 Å². The van der Waals surface area contributed by atoms with Gasteiger partial charge in [-0.05, 0) is 32.9 Å². The van der Waals surface area contributed by atoms with Crippen LogP contribution >= 0.6 is 11.8 Å². The Hall–Kier alpha value is -0.770. The molecule has 0 spiro atoms. The van der Waals surface area contributed by atoms with E-state index < -0.39 is 0 Å². The van der Waals surface area contributed by atoms with Crippen molar-refractivity contribution < 1.29 is 4.79 Å². The van der Waals surface area contributed by atoms with Gasteiger partial charge in [0.15, 0.2) is 6.29 Å². The molecule has 4 heteroatoms. The van der Waals surface area contributed by atoms with Crippen molar-refractivity contribution in [3.05, 3.63) is 17.0 Å². The lowest BCUT2D eigenvalue weighted by atomic mass is 10.1. The van der Waals surface area contributed by atoms with Gasteiger partial charge in [-0.15, -0.1) is 0 Å². The maximum absolute atomic E-state index is 11.1. The quantitative estimate of drug-likeness (QED) is 0.686. The number of carbonyl (C=O) groups is 1. The van der Waals surface area contributed by atoms with E-state index in [4.69, 9.17) is 0 Å². The predicted molar refractivity (Wildman–Crippen MR) is 62.5 cm³/mol. The van der Waals surface area contributed by atoms with E-state index in [9.17, 15) is 4.79 Å². The fourth-order valence-electron chi connectivity index (χ4n) is 1.87. The first kappa shape index (κ1) is 10.7. The zero-order valence-electron chi connectivity index (χ0n) is 9.41.